The molecule has 5 nitrogen and oxygen atoms in total. The van der Waals surface area contributed by atoms with E-state index >= 15 is 0 Å². The first-order valence-electron chi connectivity index (χ1n) is 8.65. The highest BCUT2D eigenvalue weighted by Crippen LogP contribution is 2.26. The third kappa shape index (κ3) is 4.41. The lowest BCUT2D eigenvalue weighted by atomic mass is 10.0. The van der Waals surface area contributed by atoms with Gasteiger partial charge in [-0.05, 0) is 36.1 Å². The minimum Gasteiger partial charge on any atom is -0.340 e. The van der Waals surface area contributed by atoms with Crippen LogP contribution in [0.25, 0.3) is 0 Å². The van der Waals surface area contributed by atoms with Gasteiger partial charge in [-0.1, -0.05) is 42.5 Å². The SMILES string of the molecule is C[C@@H](NC(=O)c1cccs1)C(=O)N(C)[C@H](c1ccccc1)c1ccccn1. The Morgan fingerprint density at radius 3 is 2.41 bits per heavy atom. The second-order valence-electron chi connectivity index (χ2n) is 6.19. The van der Waals surface area contributed by atoms with Gasteiger partial charge in [-0.25, -0.2) is 0 Å². The Morgan fingerprint density at radius 1 is 1.04 bits per heavy atom. The van der Waals surface area contributed by atoms with E-state index in [1.165, 1.54) is 11.3 Å². The van der Waals surface area contributed by atoms with Crippen LogP contribution in [0.1, 0.15) is 33.9 Å². The van der Waals surface area contributed by atoms with Crippen LogP contribution in [0.5, 0.6) is 0 Å². The van der Waals surface area contributed by atoms with Crippen LogP contribution in [0, 0.1) is 0 Å². The number of hydrogen-bond acceptors (Lipinski definition) is 4. The second kappa shape index (κ2) is 8.60. The van der Waals surface area contributed by atoms with Gasteiger partial charge < -0.3 is 10.2 Å². The maximum atomic E-state index is 13.0. The number of carbonyl (C=O) groups excluding carboxylic acids is 2. The van der Waals surface area contributed by atoms with Gasteiger partial charge in [0, 0.05) is 13.2 Å². The van der Waals surface area contributed by atoms with Crippen molar-refractivity contribution in [3.8, 4) is 0 Å². The summed E-state index contributed by atoms with van der Waals surface area (Å²) in [6.45, 7) is 1.70. The molecule has 6 heteroatoms. The van der Waals surface area contributed by atoms with E-state index in [1.54, 1.807) is 31.1 Å². The Hall–Kier alpha value is -2.99. The fraction of sp³-hybridized carbons (Fsp3) is 0.190. The number of carbonyl (C=O) groups is 2. The van der Waals surface area contributed by atoms with Crippen LogP contribution in [0.2, 0.25) is 0 Å². The van der Waals surface area contributed by atoms with Gasteiger partial charge in [0.05, 0.1) is 16.6 Å². The number of nitrogens with zero attached hydrogens (tertiary/aromatic N) is 2. The molecule has 3 aromatic rings. The lowest BCUT2D eigenvalue weighted by Gasteiger charge is -2.30. The number of rotatable bonds is 6. The van der Waals surface area contributed by atoms with Crippen molar-refractivity contribution in [1.29, 1.82) is 0 Å². The van der Waals surface area contributed by atoms with Crippen molar-refractivity contribution in [1.82, 2.24) is 15.2 Å². The summed E-state index contributed by atoms with van der Waals surface area (Å²) in [7, 11) is 1.74. The highest BCUT2D eigenvalue weighted by Gasteiger charge is 2.28. The van der Waals surface area contributed by atoms with E-state index in [4.69, 9.17) is 0 Å². The van der Waals surface area contributed by atoms with Gasteiger partial charge in [0.15, 0.2) is 0 Å². The van der Waals surface area contributed by atoms with Crippen LogP contribution >= 0.6 is 11.3 Å². The van der Waals surface area contributed by atoms with E-state index in [0.717, 1.165) is 11.3 Å². The lowest BCUT2D eigenvalue weighted by Crippen LogP contribution is -2.46. The molecule has 27 heavy (non-hydrogen) atoms. The topological polar surface area (TPSA) is 62.3 Å². The van der Waals surface area contributed by atoms with Gasteiger partial charge in [0.25, 0.3) is 5.91 Å². The predicted octanol–water partition coefficient (Wildman–Crippen LogP) is 3.51. The highest BCUT2D eigenvalue weighted by atomic mass is 32.1. The number of pyridine rings is 1. The molecule has 0 spiro atoms. The largest absolute Gasteiger partial charge is 0.340 e. The molecule has 0 unspecified atom stereocenters. The van der Waals surface area contributed by atoms with E-state index in [1.807, 2.05) is 60.0 Å². The average molecular weight is 379 g/mol. The Balaban J connectivity index is 1.82. The molecular weight excluding hydrogens is 358 g/mol. The van der Waals surface area contributed by atoms with Crippen molar-refractivity contribution < 1.29 is 9.59 Å². The Morgan fingerprint density at radius 2 is 1.78 bits per heavy atom. The molecule has 2 heterocycles. The van der Waals surface area contributed by atoms with E-state index in [0.29, 0.717) is 4.88 Å². The van der Waals surface area contributed by atoms with Gasteiger partial charge in [-0.2, -0.15) is 0 Å². The van der Waals surface area contributed by atoms with Gasteiger partial charge in [0.2, 0.25) is 5.91 Å². The summed E-state index contributed by atoms with van der Waals surface area (Å²) in [5.41, 5.74) is 1.74. The number of likely N-dealkylation sites (N-methyl/N-ethyl adjacent to an activating group) is 1. The van der Waals surface area contributed by atoms with Crippen LogP contribution in [-0.4, -0.2) is 34.8 Å². The molecule has 0 saturated heterocycles. The number of benzene rings is 1. The summed E-state index contributed by atoms with van der Waals surface area (Å²) in [6, 6.07) is 18.0. The quantitative estimate of drug-likeness (QED) is 0.713. The zero-order chi connectivity index (χ0) is 19.2. The summed E-state index contributed by atoms with van der Waals surface area (Å²) < 4.78 is 0. The number of amides is 2. The molecule has 0 bridgehead atoms. The van der Waals surface area contributed by atoms with Crippen molar-refractivity contribution in [2.24, 2.45) is 0 Å². The van der Waals surface area contributed by atoms with Crippen LogP contribution < -0.4 is 5.32 Å². The third-order valence-corrected chi connectivity index (χ3v) is 5.15. The minimum absolute atomic E-state index is 0.181. The predicted molar refractivity (Wildman–Crippen MR) is 107 cm³/mol. The summed E-state index contributed by atoms with van der Waals surface area (Å²) >= 11 is 1.35. The van der Waals surface area contributed by atoms with Crippen LogP contribution in [0.15, 0.2) is 72.2 Å². The molecule has 1 N–H and O–H groups in total. The lowest BCUT2D eigenvalue weighted by molar-refractivity contribution is -0.133. The van der Waals surface area contributed by atoms with Crippen LogP contribution in [0.3, 0.4) is 0 Å². The van der Waals surface area contributed by atoms with Gasteiger partial charge >= 0.3 is 0 Å². The first-order chi connectivity index (χ1) is 13.1. The van der Waals surface area contributed by atoms with Crippen molar-refractivity contribution in [3.05, 3.63) is 88.4 Å². The van der Waals surface area contributed by atoms with Crippen molar-refractivity contribution in [2.45, 2.75) is 19.0 Å². The number of nitrogens with one attached hydrogen (secondary N) is 1. The summed E-state index contributed by atoms with van der Waals surface area (Å²) in [4.78, 5) is 32.0. The van der Waals surface area contributed by atoms with Crippen molar-refractivity contribution in [3.63, 3.8) is 0 Å². The second-order valence-corrected chi connectivity index (χ2v) is 7.14. The molecule has 0 aliphatic carbocycles. The van der Waals surface area contributed by atoms with Gasteiger partial charge in [-0.3, -0.25) is 14.6 Å². The molecule has 1 aromatic carbocycles. The maximum Gasteiger partial charge on any atom is 0.261 e. The van der Waals surface area contributed by atoms with Crippen molar-refractivity contribution in [2.75, 3.05) is 7.05 Å². The van der Waals surface area contributed by atoms with E-state index in [2.05, 4.69) is 10.3 Å². The summed E-state index contributed by atoms with van der Waals surface area (Å²) in [5.74, 6) is -0.423. The standard InChI is InChI=1S/C21H21N3O2S/c1-15(23-20(25)18-12-8-14-27-18)21(26)24(2)19(16-9-4-3-5-10-16)17-11-6-7-13-22-17/h3-15,19H,1-2H3,(H,23,25)/t15-,19-/m1/s1. The summed E-state index contributed by atoms with van der Waals surface area (Å²) in [5, 5.41) is 4.61. The van der Waals surface area contributed by atoms with Crippen molar-refractivity contribution >= 4 is 23.2 Å². The average Bonchev–Trinajstić information content (AvgIpc) is 3.24. The first kappa shape index (κ1) is 18.8. The van der Waals surface area contributed by atoms with Gasteiger partial charge in [0.1, 0.15) is 6.04 Å². The normalized spacial score (nSPS) is 12.8. The smallest absolute Gasteiger partial charge is 0.261 e. The molecular formula is C21H21N3O2S. The molecule has 2 atom stereocenters. The zero-order valence-corrected chi connectivity index (χ0v) is 16.0. The molecule has 0 fully saturated rings. The first-order valence-corrected chi connectivity index (χ1v) is 9.53. The fourth-order valence-electron chi connectivity index (χ4n) is 2.94. The highest BCUT2D eigenvalue weighted by molar-refractivity contribution is 7.12. The molecule has 138 valence electrons. The fourth-order valence-corrected chi connectivity index (χ4v) is 3.56. The Kier molecular flexibility index (Phi) is 5.98. The minimum atomic E-state index is -0.653. The van der Waals surface area contributed by atoms with E-state index < -0.39 is 6.04 Å². The number of thiophene rings is 1. The van der Waals surface area contributed by atoms with Crippen LogP contribution in [-0.2, 0) is 4.79 Å². The van der Waals surface area contributed by atoms with Crippen LogP contribution in [0.4, 0.5) is 0 Å². The molecule has 0 radical (unpaired) electrons. The Labute approximate surface area is 162 Å². The third-order valence-electron chi connectivity index (χ3n) is 4.28. The van der Waals surface area contributed by atoms with E-state index in [9.17, 15) is 9.59 Å². The zero-order valence-electron chi connectivity index (χ0n) is 15.2. The number of hydrogen-bond donors (Lipinski definition) is 1. The Bertz CT molecular complexity index is 843. The number of aromatic nitrogens is 1. The monoisotopic (exact) mass is 379 g/mol. The van der Waals surface area contributed by atoms with Gasteiger partial charge in [-0.15, -0.1) is 11.3 Å². The molecule has 2 aromatic heterocycles. The maximum absolute atomic E-state index is 13.0. The summed E-state index contributed by atoms with van der Waals surface area (Å²) in [6.07, 6.45) is 1.71. The molecule has 0 aliphatic heterocycles. The molecule has 0 saturated carbocycles. The van der Waals surface area contributed by atoms with E-state index in [-0.39, 0.29) is 17.9 Å². The molecule has 0 aliphatic rings. The molecule has 2 amide bonds. The molecule has 3 rings (SSSR count).